The Morgan fingerprint density at radius 1 is 1.09 bits per heavy atom. The summed E-state index contributed by atoms with van der Waals surface area (Å²) in [6.07, 6.45) is 0. The number of carbonyl (C=O) groups excluding carboxylic acids is 1. The van der Waals surface area contributed by atoms with E-state index < -0.39 is 17.4 Å². The molecule has 0 fully saturated rings. The van der Waals surface area contributed by atoms with Crippen LogP contribution < -0.4 is 16.3 Å². The van der Waals surface area contributed by atoms with Gasteiger partial charge in [-0.2, -0.15) is 4.98 Å². The van der Waals surface area contributed by atoms with E-state index in [4.69, 9.17) is 11.6 Å². The Labute approximate surface area is 188 Å². The quantitative estimate of drug-likeness (QED) is 0.444. The van der Waals surface area contributed by atoms with E-state index in [1.807, 2.05) is 43.3 Å². The van der Waals surface area contributed by atoms with Gasteiger partial charge in [0.25, 0.3) is 0 Å². The summed E-state index contributed by atoms with van der Waals surface area (Å²) in [6, 6.07) is 19.2. The van der Waals surface area contributed by atoms with Gasteiger partial charge in [-0.15, -0.1) is 0 Å². The highest BCUT2D eigenvalue weighted by molar-refractivity contribution is 6.31. The van der Waals surface area contributed by atoms with Crippen LogP contribution in [0.5, 0.6) is 0 Å². The van der Waals surface area contributed by atoms with Crippen molar-refractivity contribution >= 4 is 39.9 Å². The highest BCUT2D eigenvalue weighted by atomic mass is 35.5. The predicted molar refractivity (Wildman–Crippen MR) is 125 cm³/mol. The molecule has 0 atom stereocenters. The first kappa shape index (κ1) is 21.5. The molecule has 162 valence electrons. The van der Waals surface area contributed by atoms with Crippen LogP contribution in [0.3, 0.4) is 0 Å². The molecule has 3 aromatic carbocycles. The fourth-order valence-corrected chi connectivity index (χ4v) is 3.51. The Morgan fingerprint density at radius 3 is 2.59 bits per heavy atom. The highest BCUT2D eigenvalue weighted by Gasteiger charge is 2.14. The molecule has 0 unspecified atom stereocenters. The van der Waals surface area contributed by atoms with Crippen molar-refractivity contribution in [2.75, 3.05) is 10.6 Å². The molecule has 0 bridgehead atoms. The van der Waals surface area contributed by atoms with Gasteiger partial charge in [-0.05, 0) is 42.8 Å². The van der Waals surface area contributed by atoms with Crippen molar-refractivity contribution in [2.45, 2.75) is 20.0 Å². The molecule has 0 radical (unpaired) electrons. The Morgan fingerprint density at radius 2 is 1.84 bits per heavy atom. The van der Waals surface area contributed by atoms with E-state index in [9.17, 15) is 14.0 Å². The lowest BCUT2D eigenvalue weighted by Crippen LogP contribution is -2.30. The number of amides is 1. The minimum Gasteiger partial charge on any atom is -0.365 e. The maximum Gasteiger partial charge on any atom is 0.350 e. The number of nitrogens with zero attached hydrogens (tertiary/aromatic N) is 2. The summed E-state index contributed by atoms with van der Waals surface area (Å²) < 4.78 is 14.6. The number of aromatic nitrogens is 2. The van der Waals surface area contributed by atoms with Gasteiger partial charge in [0.15, 0.2) is 0 Å². The number of hydrogen-bond donors (Lipinski definition) is 2. The molecule has 1 heterocycles. The van der Waals surface area contributed by atoms with E-state index in [0.717, 1.165) is 17.0 Å². The van der Waals surface area contributed by atoms with Gasteiger partial charge < -0.3 is 10.6 Å². The van der Waals surface area contributed by atoms with Crippen LogP contribution in [-0.2, 0) is 17.9 Å². The summed E-state index contributed by atoms with van der Waals surface area (Å²) in [5.41, 5.74) is 2.58. The fraction of sp³-hybridized carbons (Fsp3) is 0.125. The Bertz CT molecular complexity index is 1350. The summed E-state index contributed by atoms with van der Waals surface area (Å²) in [6.45, 7) is 2.28. The number of halogens is 2. The van der Waals surface area contributed by atoms with Crippen LogP contribution in [0.15, 0.2) is 71.5 Å². The fourth-order valence-electron chi connectivity index (χ4n) is 3.33. The lowest BCUT2D eigenvalue weighted by Gasteiger charge is -2.14. The largest absolute Gasteiger partial charge is 0.365 e. The zero-order chi connectivity index (χ0) is 22.7. The number of nitrogens with one attached hydrogen (secondary N) is 2. The first-order valence-electron chi connectivity index (χ1n) is 9.94. The van der Waals surface area contributed by atoms with E-state index in [0.29, 0.717) is 23.6 Å². The van der Waals surface area contributed by atoms with Gasteiger partial charge in [0.05, 0.1) is 10.5 Å². The second-order valence-electron chi connectivity index (χ2n) is 7.36. The minimum absolute atomic E-state index is 0.101. The topological polar surface area (TPSA) is 76.0 Å². The van der Waals surface area contributed by atoms with Crippen molar-refractivity contribution < 1.29 is 9.18 Å². The first-order valence-corrected chi connectivity index (χ1v) is 10.3. The standard InChI is InChI=1S/C24H20ClFN4O2/c1-15-6-8-16(9-7-15)13-27-23-18-4-2-3-5-21(18)30(24(32)29-23)14-22(31)28-17-10-11-20(26)19(25)12-17/h2-12H,13-14H2,1H3,(H,28,31)(H,27,29,32). The van der Waals surface area contributed by atoms with Crippen LogP contribution >= 0.6 is 11.6 Å². The molecule has 1 aromatic heterocycles. The van der Waals surface area contributed by atoms with Gasteiger partial charge in [-0.1, -0.05) is 53.6 Å². The molecule has 6 nitrogen and oxygen atoms in total. The Balaban J connectivity index is 1.58. The van der Waals surface area contributed by atoms with Crippen LogP contribution in [0.1, 0.15) is 11.1 Å². The molecular weight excluding hydrogens is 431 g/mol. The number of aryl methyl sites for hydroxylation is 1. The zero-order valence-corrected chi connectivity index (χ0v) is 18.0. The molecule has 1 amide bonds. The van der Waals surface area contributed by atoms with Crippen molar-refractivity contribution in [3.63, 3.8) is 0 Å². The lowest BCUT2D eigenvalue weighted by atomic mass is 10.1. The smallest absolute Gasteiger partial charge is 0.350 e. The average Bonchev–Trinajstić information content (AvgIpc) is 2.78. The zero-order valence-electron chi connectivity index (χ0n) is 17.2. The van der Waals surface area contributed by atoms with Gasteiger partial charge >= 0.3 is 5.69 Å². The van der Waals surface area contributed by atoms with Crippen molar-refractivity contribution in [3.05, 3.63) is 99.2 Å². The summed E-state index contributed by atoms with van der Waals surface area (Å²) in [5.74, 6) is -0.583. The van der Waals surface area contributed by atoms with E-state index in [-0.39, 0.29) is 11.6 Å². The lowest BCUT2D eigenvalue weighted by molar-refractivity contribution is -0.116. The normalized spacial score (nSPS) is 10.8. The molecule has 0 aliphatic rings. The van der Waals surface area contributed by atoms with E-state index in [1.165, 1.54) is 22.3 Å². The second-order valence-corrected chi connectivity index (χ2v) is 7.77. The highest BCUT2D eigenvalue weighted by Crippen LogP contribution is 2.21. The van der Waals surface area contributed by atoms with Crippen molar-refractivity contribution in [1.82, 2.24) is 9.55 Å². The third-order valence-corrected chi connectivity index (χ3v) is 5.26. The number of benzene rings is 3. The number of para-hydroxylation sites is 1. The van der Waals surface area contributed by atoms with E-state index in [2.05, 4.69) is 15.6 Å². The molecule has 0 aliphatic carbocycles. The summed E-state index contributed by atoms with van der Waals surface area (Å²) >= 11 is 5.76. The molecule has 2 N–H and O–H groups in total. The molecule has 0 aliphatic heterocycles. The van der Waals surface area contributed by atoms with Crippen molar-refractivity contribution in [3.8, 4) is 0 Å². The predicted octanol–water partition coefficient (Wildman–Crippen LogP) is 4.75. The first-order chi connectivity index (χ1) is 15.4. The number of hydrogen-bond acceptors (Lipinski definition) is 4. The van der Waals surface area contributed by atoms with Crippen molar-refractivity contribution in [1.29, 1.82) is 0 Å². The maximum absolute atomic E-state index is 13.3. The van der Waals surface area contributed by atoms with E-state index in [1.54, 1.807) is 12.1 Å². The van der Waals surface area contributed by atoms with Crippen molar-refractivity contribution in [2.24, 2.45) is 0 Å². The van der Waals surface area contributed by atoms with Gasteiger partial charge in [0, 0.05) is 17.6 Å². The third-order valence-electron chi connectivity index (χ3n) is 4.97. The number of carbonyl (C=O) groups is 1. The second kappa shape index (κ2) is 9.20. The van der Waals surface area contributed by atoms with Gasteiger partial charge in [0.1, 0.15) is 18.2 Å². The Kier molecular flexibility index (Phi) is 6.18. The van der Waals surface area contributed by atoms with Crippen LogP contribution in [0.25, 0.3) is 10.9 Å². The SMILES string of the molecule is Cc1ccc(CNc2nc(=O)n(CC(=O)Nc3ccc(F)c(Cl)c3)c3ccccc23)cc1. The van der Waals surface area contributed by atoms with Crippen LogP contribution in [-0.4, -0.2) is 15.5 Å². The molecule has 4 aromatic rings. The maximum atomic E-state index is 13.3. The van der Waals surface area contributed by atoms with Crippen LogP contribution in [0.2, 0.25) is 5.02 Å². The molecule has 0 spiro atoms. The monoisotopic (exact) mass is 450 g/mol. The molecular formula is C24H20ClFN4O2. The molecule has 32 heavy (non-hydrogen) atoms. The Hall–Kier alpha value is -3.71. The summed E-state index contributed by atoms with van der Waals surface area (Å²) in [7, 11) is 0. The molecule has 4 rings (SSSR count). The van der Waals surface area contributed by atoms with Crippen LogP contribution in [0.4, 0.5) is 15.9 Å². The number of fused-ring (bicyclic) bond motifs is 1. The molecule has 8 heteroatoms. The molecule has 0 saturated heterocycles. The summed E-state index contributed by atoms with van der Waals surface area (Å²) in [4.78, 5) is 29.5. The third kappa shape index (κ3) is 4.78. The average molecular weight is 451 g/mol. The van der Waals surface area contributed by atoms with Gasteiger partial charge in [-0.3, -0.25) is 9.36 Å². The summed E-state index contributed by atoms with van der Waals surface area (Å²) in [5, 5.41) is 6.46. The minimum atomic E-state index is -0.579. The number of anilines is 2. The van der Waals surface area contributed by atoms with Gasteiger partial charge in [0.2, 0.25) is 5.91 Å². The van der Waals surface area contributed by atoms with Crippen LogP contribution in [0, 0.1) is 12.7 Å². The van der Waals surface area contributed by atoms with Gasteiger partial charge in [-0.25, -0.2) is 9.18 Å². The van der Waals surface area contributed by atoms with E-state index >= 15 is 0 Å². The molecule has 0 saturated carbocycles. The number of rotatable bonds is 6.